The zero-order valence-electron chi connectivity index (χ0n) is 7.62. The van der Waals surface area contributed by atoms with E-state index in [2.05, 4.69) is 25.8 Å². The van der Waals surface area contributed by atoms with Crippen LogP contribution in [0.15, 0.2) is 17.3 Å². The molecule has 0 aromatic heterocycles. The van der Waals surface area contributed by atoms with Gasteiger partial charge in [0.1, 0.15) is 0 Å². The first-order valence-electron chi connectivity index (χ1n) is 4.12. The molecule has 11 heavy (non-hydrogen) atoms. The monoisotopic (exact) mass is 154 g/mol. The first-order valence-corrected chi connectivity index (χ1v) is 4.12. The van der Waals surface area contributed by atoms with E-state index in [1.54, 1.807) is 12.3 Å². The molecule has 2 heteroatoms. The Bertz CT molecular complexity index is 136. The molecule has 0 rings (SSSR count). The second-order valence-corrected chi connectivity index (χ2v) is 2.90. The first kappa shape index (κ1) is 10.2. The van der Waals surface area contributed by atoms with E-state index in [-0.39, 0.29) is 0 Å². The molecule has 0 aromatic carbocycles. The average Bonchev–Trinajstić information content (AvgIpc) is 1.97. The molecule has 64 valence electrons. The molecule has 0 radical (unpaired) electrons. The minimum atomic E-state index is 0.436. The summed E-state index contributed by atoms with van der Waals surface area (Å²) in [5.41, 5.74) is 5.16. The molecule has 2 nitrogen and oxygen atoms in total. The van der Waals surface area contributed by atoms with Crippen LogP contribution in [0, 0.1) is 5.92 Å². The lowest BCUT2D eigenvalue weighted by molar-refractivity contribution is 0.485. The Hall–Kier alpha value is -0.790. The van der Waals surface area contributed by atoms with E-state index in [1.165, 1.54) is 6.20 Å². The quantitative estimate of drug-likeness (QED) is 0.618. The lowest BCUT2D eigenvalue weighted by Gasteiger charge is -2.12. The van der Waals surface area contributed by atoms with Crippen molar-refractivity contribution < 1.29 is 0 Å². The third-order valence-electron chi connectivity index (χ3n) is 1.66. The average molecular weight is 154 g/mol. The molecule has 0 fully saturated rings. The van der Waals surface area contributed by atoms with E-state index in [0.29, 0.717) is 12.0 Å². The Morgan fingerprint density at radius 2 is 2.09 bits per heavy atom. The molecule has 0 aromatic rings. The molecule has 0 spiro atoms. The van der Waals surface area contributed by atoms with Crippen LogP contribution in [0.5, 0.6) is 0 Å². The summed E-state index contributed by atoms with van der Waals surface area (Å²) in [6.07, 6.45) is 6.11. The molecule has 0 heterocycles. The van der Waals surface area contributed by atoms with Gasteiger partial charge in [-0.25, -0.2) is 0 Å². The van der Waals surface area contributed by atoms with Gasteiger partial charge in [0.15, 0.2) is 0 Å². The van der Waals surface area contributed by atoms with Crippen LogP contribution >= 0.6 is 0 Å². The fraction of sp³-hybridized carbons (Fsp3) is 0.667. The fourth-order valence-electron chi connectivity index (χ4n) is 0.959. The lowest BCUT2D eigenvalue weighted by atomic mass is 10.0. The van der Waals surface area contributed by atoms with E-state index < -0.39 is 0 Å². The molecular formula is C9H18N2. The van der Waals surface area contributed by atoms with Crippen LogP contribution in [0.4, 0.5) is 0 Å². The zero-order chi connectivity index (χ0) is 8.69. The molecule has 0 saturated heterocycles. The molecule has 1 atom stereocenters. The third-order valence-corrected chi connectivity index (χ3v) is 1.66. The summed E-state index contributed by atoms with van der Waals surface area (Å²) >= 11 is 0. The smallest absolute Gasteiger partial charge is 0.0519 e. The number of nitrogens with zero attached hydrogens (tertiary/aromatic N) is 1. The van der Waals surface area contributed by atoms with Crippen molar-refractivity contribution in [1.29, 1.82) is 0 Å². The number of hydrogen-bond donors (Lipinski definition) is 1. The van der Waals surface area contributed by atoms with Gasteiger partial charge in [-0.1, -0.05) is 20.8 Å². The Labute approximate surface area is 69.2 Å². The molecule has 0 aliphatic rings. The number of allylic oxidation sites excluding steroid dienone is 1. The van der Waals surface area contributed by atoms with Gasteiger partial charge in [0.25, 0.3) is 0 Å². The minimum absolute atomic E-state index is 0.436. The van der Waals surface area contributed by atoms with Gasteiger partial charge < -0.3 is 5.73 Å². The highest BCUT2D eigenvalue weighted by molar-refractivity contribution is 5.70. The first-order chi connectivity index (χ1) is 5.22. The summed E-state index contributed by atoms with van der Waals surface area (Å²) in [5, 5.41) is 0. The van der Waals surface area contributed by atoms with Crippen molar-refractivity contribution in [2.45, 2.75) is 33.2 Å². The van der Waals surface area contributed by atoms with Gasteiger partial charge in [-0.3, -0.25) is 4.99 Å². The predicted molar refractivity (Wildman–Crippen MR) is 50.7 cm³/mol. The maximum absolute atomic E-state index is 5.16. The van der Waals surface area contributed by atoms with E-state index in [1.807, 2.05) is 0 Å². The third kappa shape index (κ3) is 4.59. The molecule has 0 bridgehead atoms. The van der Waals surface area contributed by atoms with E-state index in [9.17, 15) is 0 Å². The number of nitrogens with two attached hydrogens (primary N) is 1. The molecular weight excluding hydrogens is 136 g/mol. The fourth-order valence-corrected chi connectivity index (χ4v) is 0.959. The topological polar surface area (TPSA) is 38.4 Å². The van der Waals surface area contributed by atoms with E-state index in [0.717, 1.165) is 6.42 Å². The number of aliphatic imine (C=N–C) groups is 1. The lowest BCUT2D eigenvalue weighted by Crippen LogP contribution is -2.10. The highest BCUT2D eigenvalue weighted by Gasteiger charge is 2.06. The van der Waals surface area contributed by atoms with Crippen molar-refractivity contribution in [2.75, 3.05) is 0 Å². The van der Waals surface area contributed by atoms with Crippen molar-refractivity contribution in [3.05, 3.63) is 12.3 Å². The molecule has 0 aliphatic heterocycles. The van der Waals surface area contributed by atoms with Crippen molar-refractivity contribution in [1.82, 2.24) is 0 Å². The maximum atomic E-state index is 5.16. The molecule has 1 unspecified atom stereocenters. The largest absolute Gasteiger partial charge is 0.405 e. The van der Waals surface area contributed by atoms with Gasteiger partial charge in [0.2, 0.25) is 0 Å². The van der Waals surface area contributed by atoms with Gasteiger partial charge in [-0.05, 0) is 24.6 Å². The summed E-state index contributed by atoms with van der Waals surface area (Å²) in [5.74, 6) is 0.613. The van der Waals surface area contributed by atoms with Gasteiger partial charge in [-0.15, -0.1) is 0 Å². The summed E-state index contributed by atoms with van der Waals surface area (Å²) in [7, 11) is 0. The van der Waals surface area contributed by atoms with Crippen LogP contribution in [0.1, 0.15) is 27.2 Å². The van der Waals surface area contributed by atoms with Crippen LogP contribution in [-0.2, 0) is 0 Å². The van der Waals surface area contributed by atoms with Crippen LogP contribution < -0.4 is 5.73 Å². The Kier molecular flexibility index (Phi) is 5.53. The van der Waals surface area contributed by atoms with Crippen LogP contribution in [0.3, 0.4) is 0 Å². The molecule has 0 aliphatic carbocycles. The summed E-state index contributed by atoms with van der Waals surface area (Å²) < 4.78 is 0. The normalized spacial score (nSPS) is 15.3. The van der Waals surface area contributed by atoms with Crippen LogP contribution in [0.2, 0.25) is 0 Å². The van der Waals surface area contributed by atoms with Gasteiger partial charge in [0.05, 0.1) is 6.04 Å². The second kappa shape index (κ2) is 5.96. The summed E-state index contributed by atoms with van der Waals surface area (Å²) in [6, 6.07) is 0.436. The Morgan fingerprint density at radius 1 is 1.45 bits per heavy atom. The van der Waals surface area contributed by atoms with Gasteiger partial charge >= 0.3 is 0 Å². The Balaban J connectivity index is 3.86. The SMILES string of the molecule is CCC(N=CC=CN)C(C)C. The van der Waals surface area contributed by atoms with Crippen molar-refractivity contribution in [3.63, 3.8) is 0 Å². The van der Waals surface area contributed by atoms with Crippen molar-refractivity contribution in [2.24, 2.45) is 16.6 Å². The van der Waals surface area contributed by atoms with Crippen LogP contribution in [0.25, 0.3) is 0 Å². The molecule has 2 N–H and O–H groups in total. The maximum Gasteiger partial charge on any atom is 0.0519 e. The second-order valence-electron chi connectivity index (χ2n) is 2.90. The van der Waals surface area contributed by atoms with Crippen molar-refractivity contribution in [3.8, 4) is 0 Å². The Morgan fingerprint density at radius 3 is 2.45 bits per heavy atom. The highest BCUT2D eigenvalue weighted by atomic mass is 14.8. The highest BCUT2D eigenvalue weighted by Crippen LogP contribution is 2.08. The van der Waals surface area contributed by atoms with Gasteiger partial charge in [0, 0.05) is 6.21 Å². The van der Waals surface area contributed by atoms with E-state index >= 15 is 0 Å². The summed E-state index contributed by atoms with van der Waals surface area (Å²) in [4.78, 5) is 4.34. The molecule has 0 saturated carbocycles. The zero-order valence-corrected chi connectivity index (χ0v) is 7.62. The summed E-state index contributed by atoms with van der Waals surface area (Å²) in [6.45, 7) is 6.50. The number of rotatable bonds is 4. The molecule has 0 amide bonds. The standard InChI is InChI=1S/C9H18N2/c1-4-9(8(2)3)11-7-5-6-10/h5-9H,4,10H2,1-3H3. The van der Waals surface area contributed by atoms with Crippen molar-refractivity contribution >= 4 is 6.21 Å². The van der Waals surface area contributed by atoms with Crippen LogP contribution in [-0.4, -0.2) is 12.3 Å². The van der Waals surface area contributed by atoms with Gasteiger partial charge in [-0.2, -0.15) is 0 Å². The van der Waals surface area contributed by atoms with E-state index in [4.69, 9.17) is 5.73 Å². The predicted octanol–water partition coefficient (Wildman–Crippen LogP) is 1.96. The minimum Gasteiger partial charge on any atom is -0.405 e. The number of hydrogen-bond acceptors (Lipinski definition) is 2.